The number of hydrogen-bond acceptors (Lipinski definition) is 7. The quantitative estimate of drug-likeness (QED) is 0.276. The fourth-order valence-electron chi connectivity index (χ4n) is 5.84. The number of carbonyl (C=O) groups excluding carboxylic acids is 2. The molecule has 0 atom stereocenters. The van der Waals surface area contributed by atoms with Gasteiger partial charge in [0.05, 0.1) is 23.8 Å². The molecule has 1 aromatic heterocycles. The predicted molar refractivity (Wildman–Crippen MR) is 159 cm³/mol. The van der Waals surface area contributed by atoms with Crippen molar-refractivity contribution in [2.45, 2.75) is 110 Å². The van der Waals surface area contributed by atoms with Crippen LogP contribution in [0, 0.1) is 29.1 Å². The monoisotopic (exact) mass is 587 g/mol. The van der Waals surface area contributed by atoms with Crippen LogP contribution in [0.15, 0.2) is 6.07 Å². The number of ether oxygens (including phenoxy) is 2. The molecule has 1 saturated heterocycles. The van der Waals surface area contributed by atoms with E-state index in [4.69, 9.17) is 9.47 Å². The van der Waals surface area contributed by atoms with Crippen molar-refractivity contribution >= 4 is 35.0 Å². The predicted octanol–water partition coefficient (Wildman–Crippen LogP) is 5.72. The van der Waals surface area contributed by atoms with E-state index in [-0.39, 0.29) is 40.3 Å². The van der Waals surface area contributed by atoms with E-state index < -0.39 is 12.1 Å². The standard InChI is InChI=1S/C31H45N3O6S/c1-20-5-7-21(8-6-20)28(35)34(26-19-25(13-16-31(2,3)4)41-27(26)29(36)37)23-11-9-22(10-12-23)32-33-30(38)40-24-14-17-39-18-15-24/h19-24,32H,5-12,14-15,17-18H2,1-4H3,(H,33,38)(H,36,37). The van der Waals surface area contributed by atoms with Crippen LogP contribution in [-0.4, -0.2) is 54.5 Å². The highest BCUT2D eigenvalue weighted by atomic mass is 32.1. The second-order valence-corrected chi connectivity index (χ2v) is 13.8. The molecule has 41 heavy (non-hydrogen) atoms. The largest absolute Gasteiger partial charge is 0.477 e. The molecular formula is C31H45N3O6S. The third kappa shape index (κ3) is 8.94. The number of hydrogen-bond donors (Lipinski definition) is 3. The SMILES string of the molecule is CC1CCC(C(=O)N(c2cc(C#CC(C)(C)C)sc2C(=O)O)C2CCC(NNC(=O)OC3CCOCC3)CC2)CC1. The molecule has 2 aliphatic carbocycles. The number of amides is 2. The number of carboxylic acids is 1. The van der Waals surface area contributed by atoms with Gasteiger partial charge in [-0.1, -0.05) is 18.8 Å². The lowest BCUT2D eigenvalue weighted by molar-refractivity contribution is -0.124. The summed E-state index contributed by atoms with van der Waals surface area (Å²) in [6.07, 6.45) is 7.32. The Bertz CT molecular complexity index is 1130. The summed E-state index contributed by atoms with van der Waals surface area (Å²) in [5.74, 6) is 5.83. The van der Waals surface area contributed by atoms with Gasteiger partial charge < -0.3 is 19.5 Å². The number of aromatic carboxylic acids is 1. The molecule has 3 N–H and O–H groups in total. The number of nitrogens with zero attached hydrogens (tertiary/aromatic N) is 1. The first-order valence-corrected chi connectivity index (χ1v) is 15.8. The van der Waals surface area contributed by atoms with Gasteiger partial charge in [-0.25, -0.2) is 15.0 Å². The molecular weight excluding hydrogens is 542 g/mol. The van der Waals surface area contributed by atoms with Crippen LogP contribution >= 0.6 is 11.3 Å². The summed E-state index contributed by atoms with van der Waals surface area (Å²) in [7, 11) is 0. The van der Waals surface area contributed by atoms with E-state index in [2.05, 4.69) is 29.6 Å². The highest BCUT2D eigenvalue weighted by Crippen LogP contribution is 2.39. The summed E-state index contributed by atoms with van der Waals surface area (Å²) in [6, 6.07) is 1.72. The summed E-state index contributed by atoms with van der Waals surface area (Å²) in [4.78, 5) is 41.3. The lowest BCUT2D eigenvalue weighted by Crippen LogP contribution is -2.51. The Kier molecular flexibility index (Phi) is 10.7. The van der Waals surface area contributed by atoms with E-state index in [1.807, 2.05) is 20.8 Å². The van der Waals surface area contributed by atoms with Crippen molar-refractivity contribution in [2.24, 2.45) is 17.3 Å². The van der Waals surface area contributed by atoms with Crippen LogP contribution in [0.5, 0.6) is 0 Å². The van der Waals surface area contributed by atoms with E-state index in [9.17, 15) is 19.5 Å². The number of carbonyl (C=O) groups is 3. The third-order valence-corrected chi connectivity index (χ3v) is 9.24. The molecule has 4 rings (SSSR count). The molecule has 0 aromatic carbocycles. The van der Waals surface area contributed by atoms with E-state index >= 15 is 0 Å². The van der Waals surface area contributed by atoms with Gasteiger partial charge in [0.25, 0.3) is 0 Å². The molecule has 1 aliphatic heterocycles. The van der Waals surface area contributed by atoms with Crippen molar-refractivity contribution in [3.05, 3.63) is 15.8 Å². The number of nitrogens with one attached hydrogen (secondary N) is 2. The summed E-state index contributed by atoms with van der Waals surface area (Å²) in [6.45, 7) is 9.46. The van der Waals surface area contributed by atoms with Crippen molar-refractivity contribution in [2.75, 3.05) is 18.1 Å². The Hall–Kier alpha value is -2.61. The minimum absolute atomic E-state index is 0.0297. The van der Waals surface area contributed by atoms with Gasteiger partial charge in [0.1, 0.15) is 11.0 Å². The Morgan fingerprint density at radius 2 is 1.68 bits per heavy atom. The zero-order chi connectivity index (χ0) is 29.6. The molecule has 0 unspecified atom stereocenters. The van der Waals surface area contributed by atoms with Gasteiger partial charge in [-0.2, -0.15) is 0 Å². The lowest BCUT2D eigenvalue weighted by atomic mass is 9.81. The van der Waals surface area contributed by atoms with Crippen LogP contribution in [0.25, 0.3) is 0 Å². The Morgan fingerprint density at radius 3 is 2.29 bits per heavy atom. The average Bonchev–Trinajstić information content (AvgIpc) is 3.36. The van der Waals surface area contributed by atoms with E-state index in [1.54, 1.807) is 11.0 Å². The Labute approximate surface area is 247 Å². The first kappa shape index (κ1) is 31.3. The topological polar surface area (TPSA) is 117 Å². The van der Waals surface area contributed by atoms with E-state index in [0.29, 0.717) is 55.4 Å². The third-order valence-electron chi connectivity index (χ3n) is 8.21. The van der Waals surface area contributed by atoms with Gasteiger partial charge in [0.15, 0.2) is 0 Å². The second kappa shape index (κ2) is 14.0. The van der Waals surface area contributed by atoms with Crippen LogP contribution < -0.4 is 15.8 Å². The van der Waals surface area contributed by atoms with Crippen LogP contribution in [-0.2, 0) is 14.3 Å². The number of hydrazine groups is 1. The van der Waals surface area contributed by atoms with E-state index in [1.165, 1.54) is 0 Å². The molecule has 226 valence electrons. The summed E-state index contributed by atoms with van der Waals surface area (Å²) >= 11 is 1.14. The first-order valence-electron chi connectivity index (χ1n) is 15.0. The van der Waals surface area contributed by atoms with Crippen LogP contribution in [0.2, 0.25) is 0 Å². The number of rotatable bonds is 7. The normalized spacial score (nSPS) is 25.5. The lowest BCUT2D eigenvalue weighted by Gasteiger charge is -2.39. The van der Waals surface area contributed by atoms with Gasteiger partial charge in [0.2, 0.25) is 5.91 Å². The van der Waals surface area contributed by atoms with Gasteiger partial charge in [0, 0.05) is 36.3 Å². The smallest absolute Gasteiger partial charge is 0.421 e. The van der Waals surface area contributed by atoms with Crippen LogP contribution in [0.3, 0.4) is 0 Å². The second-order valence-electron chi connectivity index (χ2n) is 12.8. The molecule has 9 nitrogen and oxygen atoms in total. The van der Waals surface area contributed by atoms with Crippen LogP contribution in [0.1, 0.15) is 106 Å². The van der Waals surface area contributed by atoms with Gasteiger partial charge in [-0.15, -0.1) is 11.3 Å². The highest BCUT2D eigenvalue weighted by Gasteiger charge is 2.37. The average molecular weight is 588 g/mol. The van der Waals surface area contributed by atoms with Crippen molar-refractivity contribution in [1.29, 1.82) is 0 Å². The Balaban J connectivity index is 1.47. The van der Waals surface area contributed by atoms with Crippen LogP contribution in [0.4, 0.5) is 10.5 Å². The maximum atomic E-state index is 14.1. The van der Waals surface area contributed by atoms with Gasteiger partial charge >= 0.3 is 12.1 Å². The molecule has 10 heteroatoms. The molecule has 2 saturated carbocycles. The number of thiophene rings is 1. The van der Waals surface area contributed by atoms with Crippen molar-refractivity contribution < 1.29 is 29.0 Å². The fourth-order valence-corrected chi connectivity index (χ4v) is 6.68. The molecule has 3 aliphatic rings. The minimum atomic E-state index is -1.04. The highest BCUT2D eigenvalue weighted by molar-refractivity contribution is 7.15. The molecule has 0 radical (unpaired) electrons. The molecule has 2 amide bonds. The zero-order valence-corrected chi connectivity index (χ0v) is 25.6. The summed E-state index contributed by atoms with van der Waals surface area (Å²) < 4.78 is 10.8. The van der Waals surface area contributed by atoms with E-state index in [0.717, 1.165) is 49.9 Å². The molecule has 1 aromatic rings. The summed E-state index contributed by atoms with van der Waals surface area (Å²) in [5, 5.41) is 10.1. The first-order chi connectivity index (χ1) is 19.5. The maximum Gasteiger partial charge on any atom is 0.421 e. The molecule has 3 fully saturated rings. The zero-order valence-electron chi connectivity index (χ0n) is 24.8. The summed E-state index contributed by atoms with van der Waals surface area (Å²) in [5.41, 5.74) is 6.03. The molecule has 2 heterocycles. The molecule has 0 bridgehead atoms. The van der Waals surface area contributed by atoms with Gasteiger partial charge in [-0.3, -0.25) is 10.2 Å². The number of anilines is 1. The van der Waals surface area contributed by atoms with Crippen molar-refractivity contribution in [3.63, 3.8) is 0 Å². The van der Waals surface area contributed by atoms with Crippen molar-refractivity contribution in [3.8, 4) is 11.8 Å². The number of carboxylic acid groups (broad SMARTS) is 1. The fraction of sp³-hybridized carbons (Fsp3) is 0.710. The minimum Gasteiger partial charge on any atom is -0.477 e. The molecule has 0 spiro atoms. The van der Waals surface area contributed by atoms with Gasteiger partial charge in [-0.05, 0) is 84.1 Å². The van der Waals surface area contributed by atoms with Crippen molar-refractivity contribution in [1.82, 2.24) is 10.9 Å². The Morgan fingerprint density at radius 1 is 1.02 bits per heavy atom. The maximum absolute atomic E-state index is 14.1.